The van der Waals surface area contributed by atoms with Gasteiger partial charge in [-0.2, -0.15) is 0 Å². The van der Waals surface area contributed by atoms with Crippen LogP contribution < -0.4 is 4.74 Å². The number of thioether (sulfide) groups is 2. The molecule has 0 fully saturated rings. The lowest BCUT2D eigenvalue weighted by molar-refractivity contribution is 0.137. The average Bonchev–Trinajstić information content (AvgIpc) is 2.56. The molecule has 2 nitrogen and oxygen atoms in total. The summed E-state index contributed by atoms with van der Waals surface area (Å²) in [6.45, 7) is 6.96. The van der Waals surface area contributed by atoms with Crippen LogP contribution in [0.5, 0.6) is 5.75 Å². The molecule has 0 saturated carbocycles. The smallest absolute Gasteiger partial charge is 0.119 e. The number of unbranched alkanes of at least 4 members (excludes halogenated alkanes) is 1. The van der Waals surface area contributed by atoms with E-state index in [1.165, 1.54) is 24.3 Å². The number of rotatable bonds is 14. The van der Waals surface area contributed by atoms with Gasteiger partial charge in [0.05, 0.1) is 17.8 Å². The summed E-state index contributed by atoms with van der Waals surface area (Å²) in [5.41, 5.74) is 0. The second-order valence-corrected chi connectivity index (χ2v) is 8.03. The fourth-order valence-corrected chi connectivity index (χ4v) is 4.18. The monoisotopic (exact) mass is 342 g/mol. The van der Waals surface area contributed by atoms with Gasteiger partial charge < -0.3 is 9.47 Å². The van der Waals surface area contributed by atoms with Crippen LogP contribution in [0.1, 0.15) is 39.5 Å². The van der Waals surface area contributed by atoms with Crippen molar-refractivity contribution in [1.29, 1.82) is 0 Å². The molecule has 0 aliphatic carbocycles. The van der Waals surface area contributed by atoms with Crippen molar-refractivity contribution in [1.82, 2.24) is 0 Å². The molecule has 1 aromatic rings. The molecule has 0 spiro atoms. The van der Waals surface area contributed by atoms with E-state index in [4.69, 9.17) is 9.47 Å². The highest BCUT2D eigenvalue weighted by Gasteiger charge is 2.08. The highest BCUT2D eigenvalue weighted by molar-refractivity contribution is 8.17. The van der Waals surface area contributed by atoms with Gasteiger partial charge in [0.2, 0.25) is 0 Å². The van der Waals surface area contributed by atoms with E-state index in [9.17, 15) is 0 Å². The minimum atomic E-state index is 0.598. The Morgan fingerprint density at radius 2 is 1.55 bits per heavy atom. The molecule has 0 bridgehead atoms. The molecule has 0 amide bonds. The van der Waals surface area contributed by atoms with Crippen LogP contribution in [0, 0.1) is 0 Å². The third-order valence-corrected chi connectivity index (χ3v) is 6.08. The zero-order chi connectivity index (χ0) is 15.9. The SMILES string of the molecule is CCCSC(COCCCCOc1ccccc1)SCCC. The van der Waals surface area contributed by atoms with Gasteiger partial charge in [0.1, 0.15) is 5.75 Å². The molecule has 0 saturated heterocycles. The van der Waals surface area contributed by atoms with Gasteiger partial charge >= 0.3 is 0 Å². The summed E-state index contributed by atoms with van der Waals surface area (Å²) in [6, 6.07) is 10.00. The van der Waals surface area contributed by atoms with Gasteiger partial charge in [0.15, 0.2) is 0 Å². The standard InChI is InChI=1S/C18H30O2S2/c1-3-14-21-18(22-15-4-2)16-19-12-8-9-13-20-17-10-6-5-7-11-17/h5-7,10-11,18H,3-4,8-9,12-16H2,1-2H3. The van der Waals surface area contributed by atoms with Crippen molar-refractivity contribution in [2.45, 2.75) is 44.1 Å². The zero-order valence-corrected chi connectivity index (χ0v) is 15.6. The second kappa shape index (κ2) is 14.3. The van der Waals surface area contributed by atoms with Crippen LogP contribution in [0.4, 0.5) is 0 Å². The molecule has 22 heavy (non-hydrogen) atoms. The molecule has 1 aromatic carbocycles. The lowest BCUT2D eigenvalue weighted by Gasteiger charge is -2.16. The zero-order valence-electron chi connectivity index (χ0n) is 14.0. The first kappa shape index (κ1) is 19.7. The minimum absolute atomic E-state index is 0.598. The largest absolute Gasteiger partial charge is 0.494 e. The maximum atomic E-state index is 5.84. The number of hydrogen-bond acceptors (Lipinski definition) is 4. The maximum absolute atomic E-state index is 5.84. The average molecular weight is 343 g/mol. The first-order valence-corrected chi connectivity index (χ1v) is 10.4. The molecular formula is C18H30O2S2. The van der Waals surface area contributed by atoms with Crippen molar-refractivity contribution >= 4 is 23.5 Å². The number of hydrogen-bond donors (Lipinski definition) is 0. The predicted octanol–water partition coefficient (Wildman–Crippen LogP) is 5.47. The van der Waals surface area contributed by atoms with Crippen LogP contribution in [0.3, 0.4) is 0 Å². The fourth-order valence-electron chi connectivity index (χ4n) is 1.84. The van der Waals surface area contributed by atoms with Gasteiger partial charge in [-0.15, -0.1) is 23.5 Å². The van der Waals surface area contributed by atoms with Crippen molar-refractivity contribution in [3.05, 3.63) is 30.3 Å². The van der Waals surface area contributed by atoms with Gasteiger partial charge in [-0.1, -0.05) is 32.0 Å². The Kier molecular flexibility index (Phi) is 12.8. The van der Waals surface area contributed by atoms with E-state index in [1.807, 2.05) is 53.9 Å². The van der Waals surface area contributed by atoms with Crippen LogP contribution in [-0.4, -0.2) is 35.9 Å². The van der Waals surface area contributed by atoms with Crippen LogP contribution in [0.2, 0.25) is 0 Å². The van der Waals surface area contributed by atoms with Crippen molar-refractivity contribution < 1.29 is 9.47 Å². The Morgan fingerprint density at radius 1 is 0.909 bits per heavy atom. The molecule has 0 heterocycles. The first-order chi connectivity index (χ1) is 10.9. The summed E-state index contributed by atoms with van der Waals surface area (Å²) in [4.78, 5) is 0. The van der Waals surface area contributed by atoms with Crippen LogP contribution in [-0.2, 0) is 4.74 Å². The van der Waals surface area contributed by atoms with Gasteiger partial charge in [0.25, 0.3) is 0 Å². The molecule has 0 unspecified atom stereocenters. The third-order valence-electron chi connectivity index (χ3n) is 2.96. The van der Waals surface area contributed by atoms with Crippen molar-refractivity contribution in [2.24, 2.45) is 0 Å². The summed E-state index contributed by atoms with van der Waals surface area (Å²) in [5, 5.41) is 0. The summed E-state index contributed by atoms with van der Waals surface area (Å²) >= 11 is 4.08. The van der Waals surface area contributed by atoms with E-state index in [1.54, 1.807) is 0 Å². The normalized spacial score (nSPS) is 11.0. The van der Waals surface area contributed by atoms with E-state index in [0.717, 1.165) is 38.4 Å². The fraction of sp³-hybridized carbons (Fsp3) is 0.667. The summed E-state index contributed by atoms with van der Waals surface area (Å²) in [5.74, 6) is 3.42. The lowest BCUT2D eigenvalue weighted by atomic mass is 10.3. The Balaban J connectivity index is 2.00. The topological polar surface area (TPSA) is 18.5 Å². The molecule has 0 radical (unpaired) electrons. The van der Waals surface area contributed by atoms with Gasteiger partial charge in [-0.25, -0.2) is 0 Å². The van der Waals surface area contributed by atoms with E-state index in [-0.39, 0.29) is 0 Å². The van der Waals surface area contributed by atoms with Gasteiger partial charge in [-0.05, 0) is 49.3 Å². The Bertz CT molecular complexity index is 338. The predicted molar refractivity (Wildman–Crippen MR) is 101 cm³/mol. The molecule has 0 aromatic heterocycles. The minimum Gasteiger partial charge on any atom is -0.494 e. The number of para-hydroxylation sites is 1. The molecule has 0 aliphatic heterocycles. The highest BCUT2D eigenvalue weighted by Crippen LogP contribution is 2.25. The molecule has 4 heteroatoms. The van der Waals surface area contributed by atoms with Crippen LogP contribution in [0.15, 0.2) is 30.3 Å². The van der Waals surface area contributed by atoms with Gasteiger partial charge in [-0.3, -0.25) is 0 Å². The summed E-state index contributed by atoms with van der Waals surface area (Å²) in [6.07, 6.45) is 4.59. The number of ether oxygens (including phenoxy) is 2. The summed E-state index contributed by atoms with van der Waals surface area (Å²) < 4.78 is 12.1. The van der Waals surface area contributed by atoms with Crippen LogP contribution >= 0.6 is 23.5 Å². The molecular weight excluding hydrogens is 312 g/mol. The Hall–Kier alpha value is -0.320. The molecule has 0 N–H and O–H groups in total. The quantitative estimate of drug-likeness (QED) is 0.329. The van der Waals surface area contributed by atoms with Gasteiger partial charge in [0, 0.05) is 6.61 Å². The Morgan fingerprint density at radius 3 is 2.18 bits per heavy atom. The van der Waals surface area contributed by atoms with Crippen LogP contribution in [0.25, 0.3) is 0 Å². The van der Waals surface area contributed by atoms with Crippen molar-refractivity contribution in [3.8, 4) is 5.75 Å². The summed E-state index contributed by atoms with van der Waals surface area (Å²) in [7, 11) is 0. The molecule has 126 valence electrons. The first-order valence-electron chi connectivity index (χ1n) is 8.35. The maximum Gasteiger partial charge on any atom is 0.119 e. The number of benzene rings is 1. The lowest BCUT2D eigenvalue weighted by Crippen LogP contribution is -2.11. The van der Waals surface area contributed by atoms with E-state index < -0.39 is 0 Å². The van der Waals surface area contributed by atoms with E-state index in [2.05, 4.69) is 13.8 Å². The van der Waals surface area contributed by atoms with E-state index in [0.29, 0.717) is 4.58 Å². The molecule has 0 aliphatic rings. The Labute approximate surface area is 144 Å². The highest BCUT2D eigenvalue weighted by atomic mass is 32.2. The second-order valence-electron chi connectivity index (χ2n) is 5.11. The molecule has 1 rings (SSSR count). The molecule has 0 atom stereocenters. The van der Waals surface area contributed by atoms with Crippen molar-refractivity contribution in [2.75, 3.05) is 31.3 Å². The van der Waals surface area contributed by atoms with Crippen molar-refractivity contribution in [3.63, 3.8) is 0 Å². The third kappa shape index (κ3) is 10.4. The van der Waals surface area contributed by atoms with E-state index >= 15 is 0 Å².